The van der Waals surface area contributed by atoms with E-state index in [4.69, 9.17) is 28.5 Å². The van der Waals surface area contributed by atoms with Gasteiger partial charge in [0, 0.05) is 5.56 Å². The van der Waals surface area contributed by atoms with E-state index < -0.39 is 50.9 Å². The first kappa shape index (κ1) is 18.5. The summed E-state index contributed by atoms with van der Waals surface area (Å²) in [6.07, 6.45) is -5.40. The third-order valence-corrected chi connectivity index (χ3v) is 3.26. The second-order valence-corrected chi connectivity index (χ2v) is 4.61. The molecule has 0 aromatic heterocycles. The molecule has 10 heteroatoms. The van der Waals surface area contributed by atoms with Crippen LogP contribution >= 0.6 is 23.2 Å². The molecular formula is C12H6Cl2F5NO2. The molecule has 120 valence electrons. The van der Waals surface area contributed by atoms with Gasteiger partial charge in [0.15, 0.2) is 17.6 Å². The minimum absolute atomic E-state index is 0.169. The molecule has 22 heavy (non-hydrogen) atoms. The highest BCUT2D eigenvalue weighted by Gasteiger charge is 2.43. The Morgan fingerprint density at radius 1 is 1.27 bits per heavy atom. The molecule has 0 fully saturated rings. The highest BCUT2D eigenvalue weighted by molar-refractivity contribution is 6.37. The minimum Gasteiger partial charge on any atom is -0.465 e. The van der Waals surface area contributed by atoms with Crippen LogP contribution in [0.25, 0.3) is 0 Å². The Bertz CT molecular complexity index is 625. The smallest absolute Gasteiger partial charge is 0.422 e. The van der Waals surface area contributed by atoms with Crippen LogP contribution in [-0.2, 0) is 15.7 Å². The largest absolute Gasteiger partial charge is 0.465 e. The van der Waals surface area contributed by atoms with Gasteiger partial charge in [-0.1, -0.05) is 23.2 Å². The SMILES string of the molecule is CCOC(=O)C(C#N)c1c(Cl)c(F)c(C(F)(F)F)c(F)c1Cl. The van der Waals surface area contributed by atoms with E-state index in [1.807, 2.05) is 0 Å². The van der Waals surface area contributed by atoms with Crippen LogP contribution in [0, 0.1) is 23.0 Å². The van der Waals surface area contributed by atoms with Gasteiger partial charge in [-0.2, -0.15) is 18.4 Å². The number of benzene rings is 1. The molecule has 0 bridgehead atoms. The number of rotatable bonds is 3. The Balaban J connectivity index is 3.66. The molecule has 0 amide bonds. The van der Waals surface area contributed by atoms with Crippen molar-refractivity contribution in [2.45, 2.75) is 19.0 Å². The quantitative estimate of drug-likeness (QED) is 0.453. The Morgan fingerprint density at radius 2 is 1.73 bits per heavy atom. The van der Waals surface area contributed by atoms with E-state index in [0.29, 0.717) is 0 Å². The van der Waals surface area contributed by atoms with E-state index in [0.717, 1.165) is 0 Å². The number of halogens is 7. The molecule has 3 nitrogen and oxygen atoms in total. The lowest BCUT2D eigenvalue weighted by molar-refractivity contribution is -0.143. The highest BCUT2D eigenvalue weighted by atomic mass is 35.5. The van der Waals surface area contributed by atoms with Gasteiger partial charge in [0.1, 0.15) is 5.56 Å². The first-order valence-electron chi connectivity index (χ1n) is 5.57. The lowest BCUT2D eigenvalue weighted by atomic mass is 9.97. The van der Waals surface area contributed by atoms with Crippen LogP contribution in [0.2, 0.25) is 10.0 Å². The first-order valence-corrected chi connectivity index (χ1v) is 6.32. The third-order valence-electron chi connectivity index (χ3n) is 2.52. The van der Waals surface area contributed by atoms with Crippen LogP contribution in [-0.4, -0.2) is 12.6 Å². The van der Waals surface area contributed by atoms with E-state index >= 15 is 0 Å². The minimum atomic E-state index is -5.40. The number of alkyl halides is 3. The molecule has 1 aromatic carbocycles. The summed E-state index contributed by atoms with van der Waals surface area (Å²) in [6, 6.07) is 1.34. The van der Waals surface area contributed by atoms with Crippen LogP contribution in [0.15, 0.2) is 0 Å². The topological polar surface area (TPSA) is 50.1 Å². The summed E-state index contributed by atoms with van der Waals surface area (Å²) >= 11 is 10.8. The van der Waals surface area contributed by atoms with Gasteiger partial charge >= 0.3 is 12.1 Å². The number of hydrogen-bond acceptors (Lipinski definition) is 3. The molecule has 0 radical (unpaired) electrons. The second kappa shape index (κ2) is 6.67. The van der Waals surface area contributed by atoms with Crippen molar-refractivity contribution in [2.24, 2.45) is 0 Å². The van der Waals surface area contributed by atoms with Crippen molar-refractivity contribution in [1.82, 2.24) is 0 Å². The van der Waals surface area contributed by atoms with Crippen LogP contribution in [0.5, 0.6) is 0 Å². The molecule has 0 aliphatic heterocycles. The monoisotopic (exact) mass is 361 g/mol. The summed E-state index contributed by atoms with van der Waals surface area (Å²) in [5.74, 6) is -7.52. The van der Waals surface area contributed by atoms with E-state index in [2.05, 4.69) is 4.74 Å². The van der Waals surface area contributed by atoms with Gasteiger partial charge in [-0.25, -0.2) is 8.78 Å². The number of carbonyl (C=O) groups is 1. The van der Waals surface area contributed by atoms with Gasteiger partial charge in [-0.3, -0.25) is 4.79 Å². The Morgan fingerprint density at radius 3 is 2.05 bits per heavy atom. The summed E-state index contributed by atoms with van der Waals surface area (Å²) in [5, 5.41) is 6.37. The van der Waals surface area contributed by atoms with Crippen molar-refractivity contribution in [3.05, 3.63) is 32.8 Å². The molecule has 1 rings (SSSR count). The van der Waals surface area contributed by atoms with Gasteiger partial charge < -0.3 is 4.74 Å². The van der Waals surface area contributed by atoms with Gasteiger partial charge in [-0.15, -0.1) is 0 Å². The average Bonchev–Trinajstić information content (AvgIpc) is 2.40. The third kappa shape index (κ3) is 3.25. The van der Waals surface area contributed by atoms with E-state index in [-0.39, 0.29) is 6.61 Å². The number of nitriles is 1. The first-order chi connectivity index (χ1) is 10.1. The fourth-order valence-corrected chi connectivity index (χ4v) is 2.26. The lowest BCUT2D eigenvalue weighted by Gasteiger charge is -2.17. The van der Waals surface area contributed by atoms with Gasteiger partial charge in [0.25, 0.3) is 0 Å². The Hall–Kier alpha value is -1.59. The van der Waals surface area contributed by atoms with Crippen molar-refractivity contribution in [3.8, 4) is 6.07 Å². The zero-order valence-electron chi connectivity index (χ0n) is 10.7. The maximum absolute atomic E-state index is 13.7. The molecular weight excluding hydrogens is 356 g/mol. The van der Waals surface area contributed by atoms with Gasteiger partial charge in [0.05, 0.1) is 22.7 Å². The molecule has 0 spiro atoms. The maximum Gasteiger partial charge on any atom is 0.422 e. The molecule has 0 saturated heterocycles. The highest BCUT2D eigenvalue weighted by Crippen LogP contribution is 2.43. The van der Waals surface area contributed by atoms with Crippen molar-refractivity contribution in [1.29, 1.82) is 5.26 Å². The summed E-state index contributed by atoms with van der Waals surface area (Å²) in [6.45, 7) is 1.22. The number of carbonyl (C=O) groups excluding carboxylic acids is 1. The molecule has 0 N–H and O–H groups in total. The Labute approximate surface area is 131 Å². The molecule has 0 aliphatic carbocycles. The predicted octanol–water partition coefficient (Wildman–Crippen LogP) is 4.46. The van der Waals surface area contributed by atoms with Crippen LogP contribution in [0.3, 0.4) is 0 Å². The predicted molar refractivity (Wildman–Crippen MR) is 66.4 cm³/mol. The van der Waals surface area contributed by atoms with Crippen LogP contribution < -0.4 is 0 Å². The number of nitrogens with zero attached hydrogens (tertiary/aromatic N) is 1. The Kier molecular flexibility index (Phi) is 5.59. The zero-order valence-corrected chi connectivity index (χ0v) is 12.2. The fraction of sp³-hybridized carbons (Fsp3) is 0.333. The molecule has 1 atom stereocenters. The standard InChI is InChI=1S/C12H6Cl2F5NO2/c1-2-22-11(21)4(3-20)5-7(13)9(15)6(12(17,18)19)10(16)8(5)14/h4H,2H2,1H3. The molecule has 0 aliphatic rings. The lowest BCUT2D eigenvalue weighted by Crippen LogP contribution is -2.19. The summed E-state index contributed by atoms with van der Waals surface area (Å²) in [7, 11) is 0. The van der Waals surface area contributed by atoms with Gasteiger partial charge in [0.2, 0.25) is 0 Å². The summed E-state index contributed by atoms with van der Waals surface area (Å²) < 4.78 is 69.8. The second-order valence-electron chi connectivity index (χ2n) is 3.86. The maximum atomic E-state index is 13.7. The number of hydrogen-bond donors (Lipinski definition) is 0. The average molecular weight is 362 g/mol. The van der Waals surface area contributed by atoms with Crippen LogP contribution in [0.1, 0.15) is 24.0 Å². The van der Waals surface area contributed by atoms with Crippen LogP contribution in [0.4, 0.5) is 22.0 Å². The molecule has 0 saturated carbocycles. The van der Waals surface area contributed by atoms with Gasteiger partial charge in [-0.05, 0) is 6.92 Å². The van der Waals surface area contributed by atoms with E-state index in [1.54, 1.807) is 0 Å². The summed E-state index contributed by atoms with van der Waals surface area (Å²) in [5.41, 5.74) is -3.21. The normalized spacial score (nSPS) is 12.7. The van der Waals surface area contributed by atoms with Crippen molar-refractivity contribution >= 4 is 29.2 Å². The van der Waals surface area contributed by atoms with Crippen molar-refractivity contribution < 1.29 is 31.5 Å². The van der Waals surface area contributed by atoms with Crippen molar-refractivity contribution in [2.75, 3.05) is 6.61 Å². The molecule has 1 aromatic rings. The molecule has 0 heterocycles. The van der Waals surface area contributed by atoms with E-state index in [9.17, 15) is 26.7 Å². The molecule has 1 unspecified atom stereocenters. The number of esters is 1. The summed E-state index contributed by atoms with van der Waals surface area (Å²) in [4.78, 5) is 11.6. The number of ether oxygens (including phenoxy) is 1. The van der Waals surface area contributed by atoms with Crippen molar-refractivity contribution in [3.63, 3.8) is 0 Å². The zero-order chi connectivity index (χ0) is 17.2. The van der Waals surface area contributed by atoms with E-state index in [1.165, 1.54) is 13.0 Å². The fourth-order valence-electron chi connectivity index (χ4n) is 1.61.